The summed E-state index contributed by atoms with van der Waals surface area (Å²) in [5, 5.41) is 6.38. The molecule has 116 valence electrons. The maximum atomic E-state index is 13.0. The van der Waals surface area contributed by atoms with Gasteiger partial charge in [-0.1, -0.05) is 0 Å². The van der Waals surface area contributed by atoms with Crippen LogP contribution in [0, 0.1) is 5.82 Å². The van der Waals surface area contributed by atoms with E-state index in [4.69, 9.17) is 4.74 Å². The van der Waals surface area contributed by atoms with Crippen LogP contribution in [0.3, 0.4) is 0 Å². The Labute approximate surface area is 128 Å². The molecule has 0 saturated carbocycles. The molecule has 2 heterocycles. The zero-order valence-corrected chi connectivity index (χ0v) is 12.3. The van der Waals surface area contributed by atoms with Crippen LogP contribution in [-0.4, -0.2) is 43.3 Å². The van der Waals surface area contributed by atoms with Gasteiger partial charge in [0.2, 0.25) is 11.8 Å². The van der Waals surface area contributed by atoms with Gasteiger partial charge < -0.3 is 20.3 Å². The maximum absolute atomic E-state index is 13.0. The van der Waals surface area contributed by atoms with Gasteiger partial charge in [0.05, 0.1) is 7.11 Å². The number of hydrogen-bond donors (Lipinski definition) is 2. The number of piperazine rings is 1. The van der Waals surface area contributed by atoms with Crippen LogP contribution in [0.5, 0.6) is 5.88 Å². The number of rotatable bonds is 4. The lowest BCUT2D eigenvalue weighted by Crippen LogP contribution is -2.43. The SMILES string of the molecule is COc1cc(N2CCNCC2)nc(Nc2ccc(F)cc2)n1. The summed E-state index contributed by atoms with van der Waals surface area (Å²) in [5.41, 5.74) is 0.723. The maximum Gasteiger partial charge on any atom is 0.232 e. The fourth-order valence-corrected chi connectivity index (χ4v) is 2.29. The number of ether oxygens (including phenoxy) is 1. The predicted molar refractivity (Wildman–Crippen MR) is 83.3 cm³/mol. The van der Waals surface area contributed by atoms with Gasteiger partial charge in [-0.15, -0.1) is 0 Å². The lowest BCUT2D eigenvalue weighted by molar-refractivity contribution is 0.397. The minimum atomic E-state index is -0.279. The molecule has 6 nitrogen and oxygen atoms in total. The molecule has 3 rings (SSSR count). The third-order valence-electron chi connectivity index (χ3n) is 3.44. The van der Waals surface area contributed by atoms with E-state index in [2.05, 4.69) is 25.5 Å². The van der Waals surface area contributed by atoms with Crippen molar-refractivity contribution in [2.24, 2.45) is 0 Å². The Hall–Kier alpha value is -2.41. The van der Waals surface area contributed by atoms with Crippen molar-refractivity contribution in [1.82, 2.24) is 15.3 Å². The average molecular weight is 303 g/mol. The largest absolute Gasteiger partial charge is 0.481 e. The van der Waals surface area contributed by atoms with Crippen molar-refractivity contribution in [3.8, 4) is 5.88 Å². The van der Waals surface area contributed by atoms with Gasteiger partial charge in [-0.2, -0.15) is 9.97 Å². The molecule has 0 aliphatic carbocycles. The topological polar surface area (TPSA) is 62.3 Å². The van der Waals surface area contributed by atoms with E-state index in [1.807, 2.05) is 6.07 Å². The minimum Gasteiger partial charge on any atom is -0.481 e. The normalized spacial score (nSPS) is 14.7. The number of anilines is 3. The molecule has 22 heavy (non-hydrogen) atoms. The molecule has 1 aliphatic heterocycles. The Bertz CT molecular complexity index is 628. The highest BCUT2D eigenvalue weighted by Gasteiger charge is 2.14. The van der Waals surface area contributed by atoms with Gasteiger partial charge in [0.1, 0.15) is 11.6 Å². The molecule has 0 radical (unpaired) electrons. The van der Waals surface area contributed by atoms with Crippen molar-refractivity contribution in [2.45, 2.75) is 0 Å². The van der Waals surface area contributed by atoms with Gasteiger partial charge in [0.15, 0.2) is 0 Å². The van der Waals surface area contributed by atoms with E-state index in [1.165, 1.54) is 12.1 Å². The van der Waals surface area contributed by atoms with Crippen molar-refractivity contribution in [2.75, 3.05) is 43.5 Å². The van der Waals surface area contributed by atoms with Crippen LogP contribution in [0.15, 0.2) is 30.3 Å². The molecule has 1 aliphatic rings. The number of nitrogens with one attached hydrogen (secondary N) is 2. The molecule has 7 heteroatoms. The smallest absolute Gasteiger partial charge is 0.232 e. The molecule has 1 fully saturated rings. The van der Waals surface area contributed by atoms with E-state index in [0.29, 0.717) is 11.8 Å². The summed E-state index contributed by atoms with van der Waals surface area (Å²) >= 11 is 0. The zero-order chi connectivity index (χ0) is 15.4. The molecule has 1 saturated heterocycles. The number of hydrogen-bond acceptors (Lipinski definition) is 6. The number of aromatic nitrogens is 2. The van der Waals surface area contributed by atoms with E-state index >= 15 is 0 Å². The molecule has 1 aromatic carbocycles. The molecule has 0 atom stereocenters. The average Bonchev–Trinajstić information content (AvgIpc) is 2.57. The monoisotopic (exact) mass is 303 g/mol. The third-order valence-corrected chi connectivity index (χ3v) is 3.44. The summed E-state index contributed by atoms with van der Waals surface area (Å²) in [4.78, 5) is 11.0. The number of nitrogens with zero attached hydrogens (tertiary/aromatic N) is 3. The van der Waals surface area contributed by atoms with Crippen LogP contribution in [0.2, 0.25) is 0 Å². The van der Waals surface area contributed by atoms with Crippen molar-refractivity contribution in [3.05, 3.63) is 36.1 Å². The van der Waals surface area contributed by atoms with Crippen LogP contribution < -0.4 is 20.3 Å². The molecule has 0 amide bonds. The Kier molecular flexibility index (Phi) is 4.34. The Morgan fingerprint density at radius 2 is 1.91 bits per heavy atom. The van der Waals surface area contributed by atoms with Crippen LogP contribution in [0.1, 0.15) is 0 Å². The van der Waals surface area contributed by atoms with Crippen LogP contribution >= 0.6 is 0 Å². The zero-order valence-electron chi connectivity index (χ0n) is 12.3. The van der Waals surface area contributed by atoms with Gasteiger partial charge in [0, 0.05) is 37.9 Å². The van der Waals surface area contributed by atoms with Gasteiger partial charge in [-0.3, -0.25) is 0 Å². The summed E-state index contributed by atoms with van der Waals surface area (Å²) in [7, 11) is 1.57. The Morgan fingerprint density at radius 3 is 2.59 bits per heavy atom. The van der Waals surface area contributed by atoms with Crippen LogP contribution in [-0.2, 0) is 0 Å². The molecule has 1 aromatic heterocycles. The minimum absolute atomic E-state index is 0.279. The summed E-state index contributed by atoms with van der Waals surface area (Å²) in [6.45, 7) is 3.62. The quantitative estimate of drug-likeness (QED) is 0.898. The highest BCUT2D eigenvalue weighted by atomic mass is 19.1. The highest BCUT2D eigenvalue weighted by molar-refractivity contribution is 5.56. The third kappa shape index (κ3) is 3.43. The summed E-state index contributed by atoms with van der Waals surface area (Å²) in [6.07, 6.45) is 0. The molecule has 2 N–H and O–H groups in total. The first-order valence-electron chi connectivity index (χ1n) is 7.16. The second-order valence-corrected chi connectivity index (χ2v) is 4.96. The summed E-state index contributed by atoms with van der Waals surface area (Å²) in [5.74, 6) is 1.46. The molecule has 0 spiro atoms. The predicted octanol–water partition coefficient (Wildman–Crippen LogP) is 1.78. The lowest BCUT2D eigenvalue weighted by Gasteiger charge is -2.28. The molecular formula is C15H18FN5O. The van der Waals surface area contributed by atoms with E-state index in [-0.39, 0.29) is 5.82 Å². The second kappa shape index (κ2) is 6.57. The van der Waals surface area contributed by atoms with Gasteiger partial charge >= 0.3 is 0 Å². The molecule has 0 bridgehead atoms. The fraction of sp³-hybridized carbons (Fsp3) is 0.333. The number of benzene rings is 1. The molecular weight excluding hydrogens is 285 g/mol. The van der Waals surface area contributed by atoms with Crippen molar-refractivity contribution >= 4 is 17.5 Å². The summed E-state index contributed by atoms with van der Waals surface area (Å²) in [6, 6.07) is 7.88. The lowest BCUT2D eigenvalue weighted by atomic mass is 10.3. The van der Waals surface area contributed by atoms with E-state index in [0.717, 1.165) is 37.7 Å². The standard InChI is InChI=1S/C15H18FN5O/c1-22-14-10-13(21-8-6-17-7-9-21)19-15(20-14)18-12-4-2-11(16)3-5-12/h2-5,10,17H,6-9H2,1H3,(H,18,19,20). The van der Waals surface area contributed by atoms with Crippen molar-refractivity contribution in [1.29, 1.82) is 0 Å². The first-order chi connectivity index (χ1) is 10.7. The van der Waals surface area contributed by atoms with E-state index < -0.39 is 0 Å². The first kappa shape index (κ1) is 14.5. The van der Waals surface area contributed by atoms with Gasteiger partial charge in [-0.05, 0) is 24.3 Å². The highest BCUT2D eigenvalue weighted by Crippen LogP contribution is 2.22. The van der Waals surface area contributed by atoms with Crippen LogP contribution in [0.4, 0.5) is 21.8 Å². The molecule has 2 aromatic rings. The van der Waals surface area contributed by atoms with Crippen molar-refractivity contribution < 1.29 is 9.13 Å². The number of methoxy groups -OCH3 is 1. The van der Waals surface area contributed by atoms with Crippen molar-refractivity contribution in [3.63, 3.8) is 0 Å². The Balaban J connectivity index is 1.84. The first-order valence-corrected chi connectivity index (χ1v) is 7.16. The fourth-order valence-electron chi connectivity index (χ4n) is 2.29. The van der Waals surface area contributed by atoms with E-state index in [1.54, 1.807) is 19.2 Å². The summed E-state index contributed by atoms with van der Waals surface area (Å²) < 4.78 is 18.2. The van der Waals surface area contributed by atoms with Crippen LogP contribution in [0.25, 0.3) is 0 Å². The number of halogens is 1. The van der Waals surface area contributed by atoms with Gasteiger partial charge in [0.25, 0.3) is 0 Å². The molecule has 0 unspecified atom stereocenters. The Morgan fingerprint density at radius 1 is 1.18 bits per heavy atom. The second-order valence-electron chi connectivity index (χ2n) is 4.96. The van der Waals surface area contributed by atoms with E-state index in [9.17, 15) is 4.39 Å². The van der Waals surface area contributed by atoms with Gasteiger partial charge in [-0.25, -0.2) is 4.39 Å².